The fourth-order valence-corrected chi connectivity index (χ4v) is 6.25. The fourth-order valence-electron chi connectivity index (χ4n) is 6.25. The van der Waals surface area contributed by atoms with Gasteiger partial charge in [0, 0.05) is 44.3 Å². The van der Waals surface area contributed by atoms with Crippen molar-refractivity contribution in [2.24, 2.45) is 5.92 Å². The number of hydrogen-bond donors (Lipinski definition) is 1. The molecule has 3 aliphatic rings. The number of aliphatic hydroxyl groups is 1. The summed E-state index contributed by atoms with van der Waals surface area (Å²) in [5, 5.41) is 10.2. The van der Waals surface area contributed by atoms with E-state index >= 15 is 0 Å². The molecule has 0 aromatic heterocycles. The SMILES string of the molecule is Cc1ccccc1-c1ccc([C@@H]2[C@H](CO)N3CCCCN(CC4CCOCC4)C[C@@H]23)cc1. The summed E-state index contributed by atoms with van der Waals surface area (Å²) in [5.41, 5.74) is 5.28. The number of nitrogens with zero attached hydrogens (tertiary/aromatic N) is 2. The number of fused-ring (bicyclic) bond motifs is 1. The number of benzene rings is 2. The van der Waals surface area contributed by atoms with Gasteiger partial charge in [-0.05, 0) is 73.9 Å². The van der Waals surface area contributed by atoms with Crippen molar-refractivity contribution in [3.63, 3.8) is 0 Å². The topological polar surface area (TPSA) is 35.9 Å². The molecule has 5 rings (SSSR count). The Kier molecular flexibility index (Phi) is 6.94. The van der Waals surface area contributed by atoms with Crippen LogP contribution in [0.25, 0.3) is 11.1 Å². The summed E-state index contributed by atoms with van der Waals surface area (Å²) in [4.78, 5) is 5.31. The van der Waals surface area contributed by atoms with E-state index in [0.29, 0.717) is 12.0 Å². The first-order valence-corrected chi connectivity index (χ1v) is 12.6. The molecule has 0 saturated carbocycles. The van der Waals surface area contributed by atoms with E-state index in [1.54, 1.807) is 0 Å². The lowest BCUT2D eigenvalue weighted by Gasteiger charge is -2.57. The Bertz CT molecular complexity index is 877. The summed E-state index contributed by atoms with van der Waals surface area (Å²) < 4.78 is 5.58. The van der Waals surface area contributed by atoms with E-state index in [0.717, 1.165) is 32.2 Å². The van der Waals surface area contributed by atoms with E-state index in [4.69, 9.17) is 4.74 Å². The first-order valence-electron chi connectivity index (χ1n) is 12.6. The Morgan fingerprint density at radius 3 is 2.47 bits per heavy atom. The molecule has 0 amide bonds. The van der Waals surface area contributed by atoms with E-state index in [1.807, 2.05) is 0 Å². The van der Waals surface area contributed by atoms with Crippen LogP contribution in [0.15, 0.2) is 48.5 Å². The van der Waals surface area contributed by atoms with E-state index in [9.17, 15) is 5.11 Å². The minimum Gasteiger partial charge on any atom is -0.395 e. The molecule has 172 valence electrons. The number of hydrogen-bond acceptors (Lipinski definition) is 4. The van der Waals surface area contributed by atoms with Gasteiger partial charge in [0.15, 0.2) is 0 Å². The van der Waals surface area contributed by atoms with Gasteiger partial charge in [-0.3, -0.25) is 4.90 Å². The van der Waals surface area contributed by atoms with Crippen LogP contribution < -0.4 is 0 Å². The molecule has 2 aromatic carbocycles. The van der Waals surface area contributed by atoms with Crippen LogP contribution in [0.5, 0.6) is 0 Å². The molecule has 3 aliphatic heterocycles. The molecular formula is C28H38N2O2. The molecule has 3 saturated heterocycles. The lowest BCUT2D eigenvalue weighted by atomic mass is 9.74. The predicted octanol–water partition coefficient (Wildman–Crippen LogP) is 4.31. The molecule has 4 heteroatoms. The average molecular weight is 435 g/mol. The molecule has 4 nitrogen and oxygen atoms in total. The summed E-state index contributed by atoms with van der Waals surface area (Å²) in [6.07, 6.45) is 4.90. The first-order chi connectivity index (χ1) is 15.7. The molecule has 1 N–H and O–H groups in total. The van der Waals surface area contributed by atoms with Gasteiger partial charge in [-0.25, -0.2) is 0 Å². The summed E-state index contributed by atoms with van der Waals surface area (Å²) in [6.45, 7) is 8.95. The Hall–Kier alpha value is -1.72. The zero-order valence-electron chi connectivity index (χ0n) is 19.5. The molecule has 3 heterocycles. The smallest absolute Gasteiger partial charge is 0.0593 e. The quantitative estimate of drug-likeness (QED) is 0.761. The first kappa shape index (κ1) is 22.1. The second kappa shape index (κ2) is 10.0. The predicted molar refractivity (Wildman–Crippen MR) is 130 cm³/mol. The van der Waals surface area contributed by atoms with Gasteiger partial charge in [0.1, 0.15) is 0 Å². The maximum Gasteiger partial charge on any atom is 0.0593 e. The lowest BCUT2D eigenvalue weighted by molar-refractivity contribution is -0.0677. The van der Waals surface area contributed by atoms with Gasteiger partial charge >= 0.3 is 0 Å². The van der Waals surface area contributed by atoms with Gasteiger partial charge in [0.2, 0.25) is 0 Å². The largest absolute Gasteiger partial charge is 0.395 e. The third-order valence-corrected chi connectivity index (χ3v) is 8.06. The van der Waals surface area contributed by atoms with Gasteiger partial charge in [-0.1, -0.05) is 48.5 Å². The van der Waals surface area contributed by atoms with Crippen molar-refractivity contribution in [1.29, 1.82) is 0 Å². The third-order valence-electron chi connectivity index (χ3n) is 8.06. The van der Waals surface area contributed by atoms with Crippen LogP contribution in [0.3, 0.4) is 0 Å². The minimum atomic E-state index is 0.251. The maximum atomic E-state index is 10.2. The lowest BCUT2D eigenvalue weighted by Crippen LogP contribution is -2.67. The van der Waals surface area contributed by atoms with Crippen molar-refractivity contribution in [1.82, 2.24) is 9.80 Å². The Balaban J connectivity index is 1.33. The van der Waals surface area contributed by atoms with E-state index in [-0.39, 0.29) is 12.6 Å². The molecule has 3 atom stereocenters. The molecule has 32 heavy (non-hydrogen) atoms. The highest BCUT2D eigenvalue weighted by atomic mass is 16.5. The van der Waals surface area contributed by atoms with Crippen LogP contribution in [-0.4, -0.2) is 73.0 Å². The van der Waals surface area contributed by atoms with Crippen LogP contribution in [0.1, 0.15) is 42.7 Å². The molecule has 0 aliphatic carbocycles. The van der Waals surface area contributed by atoms with Gasteiger partial charge in [0.05, 0.1) is 6.61 Å². The molecule has 0 bridgehead atoms. The van der Waals surface area contributed by atoms with Gasteiger partial charge in [0.25, 0.3) is 0 Å². The number of rotatable bonds is 5. The van der Waals surface area contributed by atoms with Crippen molar-refractivity contribution in [2.75, 3.05) is 46.0 Å². The van der Waals surface area contributed by atoms with Crippen molar-refractivity contribution >= 4 is 0 Å². The van der Waals surface area contributed by atoms with Crippen molar-refractivity contribution in [3.8, 4) is 11.1 Å². The fraction of sp³-hybridized carbons (Fsp3) is 0.571. The van der Waals surface area contributed by atoms with E-state index in [2.05, 4.69) is 65.3 Å². The third kappa shape index (κ3) is 4.51. The van der Waals surface area contributed by atoms with Crippen molar-refractivity contribution in [2.45, 2.75) is 50.6 Å². The number of aryl methyl sites for hydroxylation is 1. The Morgan fingerprint density at radius 1 is 0.969 bits per heavy atom. The van der Waals surface area contributed by atoms with Crippen LogP contribution in [0.2, 0.25) is 0 Å². The van der Waals surface area contributed by atoms with Crippen LogP contribution in [0, 0.1) is 12.8 Å². The van der Waals surface area contributed by atoms with Crippen molar-refractivity contribution < 1.29 is 9.84 Å². The Labute approximate surface area is 193 Å². The van der Waals surface area contributed by atoms with E-state index < -0.39 is 0 Å². The van der Waals surface area contributed by atoms with Crippen molar-refractivity contribution in [3.05, 3.63) is 59.7 Å². The number of aliphatic hydroxyl groups excluding tert-OH is 1. The van der Waals surface area contributed by atoms with E-state index in [1.165, 1.54) is 61.0 Å². The maximum absolute atomic E-state index is 10.2. The Morgan fingerprint density at radius 2 is 1.72 bits per heavy atom. The second-order valence-electron chi connectivity index (χ2n) is 10.0. The highest BCUT2D eigenvalue weighted by Gasteiger charge is 2.49. The van der Waals surface area contributed by atoms with Crippen LogP contribution >= 0.6 is 0 Å². The zero-order valence-corrected chi connectivity index (χ0v) is 19.5. The van der Waals surface area contributed by atoms with Gasteiger partial charge in [-0.15, -0.1) is 0 Å². The van der Waals surface area contributed by atoms with Gasteiger partial charge < -0.3 is 14.7 Å². The summed E-state index contributed by atoms with van der Waals surface area (Å²) in [5.74, 6) is 1.19. The average Bonchev–Trinajstić information content (AvgIpc) is 2.81. The van der Waals surface area contributed by atoms with Crippen LogP contribution in [-0.2, 0) is 4.74 Å². The highest BCUT2D eigenvalue weighted by Crippen LogP contribution is 2.42. The molecule has 0 unspecified atom stereocenters. The standard InChI is InChI=1S/C28H38N2O2/c1-21-6-2-3-7-25(21)23-8-10-24(11-9-23)28-26-19-29(18-22-12-16-32-17-13-22)14-4-5-15-30(26)27(28)20-31/h2-3,6-11,22,26-28,31H,4-5,12-20H2,1H3/t26-,27-,28-/m0/s1. The molecule has 0 radical (unpaired) electrons. The van der Waals surface area contributed by atoms with Crippen LogP contribution in [0.4, 0.5) is 0 Å². The summed E-state index contributed by atoms with van der Waals surface area (Å²) in [6, 6.07) is 18.5. The monoisotopic (exact) mass is 434 g/mol. The summed E-state index contributed by atoms with van der Waals surface area (Å²) in [7, 11) is 0. The molecular weight excluding hydrogens is 396 g/mol. The number of ether oxygens (including phenoxy) is 1. The normalized spacial score (nSPS) is 27.9. The van der Waals surface area contributed by atoms with Gasteiger partial charge in [-0.2, -0.15) is 0 Å². The second-order valence-corrected chi connectivity index (χ2v) is 10.0. The molecule has 2 aromatic rings. The zero-order chi connectivity index (χ0) is 21.9. The minimum absolute atomic E-state index is 0.251. The summed E-state index contributed by atoms with van der Waals surface area (Å²) >= 11 is 0. The highest BCUT2D eigenvalue weighted by molar-refractivity contribution is 5.67. The molecule has 3 fully saturated rings. The molecule has 0 spiro atoms.